The molecule has 188 valence electrons. The number of aromatic nitrogens is 3. The van der Waals surface area contributed by atoms with Crippen LogP contribution in [0.4, 0.5) is 5.82 Å². The van der Waals surface area contributed by atoms with Crippen molar-refractivity contribution in [3.05, 3.63) is 48.9 Å². The highest BCUT2D eigenvalue weighted by Gasteiger charge is 2.45. The highest BCUT2D eigenvalue weighted by Crippen LogP contribution is 2.46. The van der Waals surface area contributed by atoms with Gasteiger partial charge in [-0.25, -0.2) is 14.5 Å². The molecule has 2 aromatic heterocycles. The summed E-state index contributed by atoms with van der Waals surface area (Å²) in [5, 5.41) is 42.4. The molecule has 1 aromatic carbocycles. The van der Waals surface area contributed by atoms with Crippen LogP contribution in [0.2, 0.25) is 0 Å². The van der Waals surface area contributed by atoms with Gasteiger partial charge in [-0.05, 0) is 25.1 Å². The highest BCUT2D eigenvalue weighted by atomic mass is 31.2. The lowest BCUT2D eigenvalue weighted by atomic mass is 10.1. The first-order valence-corrected chi connectivity index (χ1v) is 12.0. The van der Waals surface area contributed by atoms with Crippen molar-refractivity contribution in [2.24, 2.45) is 0 Å². The summed E-state index contributed by atoms with van der Waals surface area (Å²) in [5.41, 5.74) is 2.26. The second kappa shape index (κ2) is 10.3. The molecule has 1 saturated heterocycles. The normalized spacial score (nSPS) is 24.7. The van der Waals surface area contributed by atoms with Crippen LogP contribution in [-0.2, 0) is 18.6 Å². The zero-order valence-corrected chi connectivity index (χ0v) is 19.2. The molecule has 14 nitrogen and oxygen atoms in total. The molecule has 0 spiro atoms. The maximum atomic E-state index is 13.3. The zero-order chi connectivity index (χ0) is 25.2. The summed E-state index contributed by atoms with van der Waals surface area (Å²) in [6.45, 7) is 0.762. The number of ether oxygens (including phenoxy) is 1. The van der Waals surface area contributed by atoms with Gasteiger partial charge in [-0.1, -0.05) is 18.2 Å². The van der Waals surface area contributed by atoms with Crippen molar-refractivity contribution < 1.29 is 43.7 Å². The fourth-order valence-corrected chi connectivity index (χ4v) is 5.04. The molecule has 15 heteroatoms. The average Bonchev–Trinajstić information content (AvgIpc) is 3.39. The Morgan fingerprint density at radius 3 is 2.66 bits per heavy atom. The molecule has 1 aliphatic rings. The Balaban J connectivity index is 1.51. The molecule has 0 aliphatic carbocycles. The number of para-hydroxylation sites is 1. The van der Waals surface area contributed by atoms with Crippen molar-refractivity contribution in [2.75, 3.05) is 12.1 Å². The first-order chi connectivity index (χ1) is 16.7. The number of fused-ring (bicyclic) bond motifs is 1. The summed E-state index contributed by atoms with van der Waals surface area (Å²) in [6.07, 6.45) is -2.39. The quantitative estimate of drug-likeness (QED) is 0.168. The van der Waals surface area contributed by atoms with Gasteiger partial charge in [0, 0.05) is 6.20 Å². The molecule has 1 aliphatic heterocycles. The van der Waals surface area contributed by atoms with Gasteiger partial charge in [-0.15, -0.1) is 0 Å². The van der Waals surface area contributed by atoms with Crippen molar-refractivity contribution in [1.29, 1.82) is 0 Å². The third kappa shape index (κ3) is 5.28. The number of nitrogens with one attached hydrogen (secondary N) is 2. The second-order valence-corrected chi connectivity index (χ2v) is 9.42. The molecule has 6 N–H and O–H groups in total. The number of carboxylic acid groups (broad SMARTS) is 1. The van der Waals surface area contributed by atoms with Crippen LogP contribution in [0.3, 0.4) is 0 Å². The predicted molar refractivity (Wildman–Crippen MR) is 120 cm³/mol. The van der Waals surface area contributed by atoms with E-state index in [1.165, 1.54) is 36.1 Å². The maximum absolute atomic E-state index is 13.3. The van der Waals surface area contributed by atoms with E-state index in [1.54, 1.807) is 24.3 Å². The van der Waals surface area contributed by atoms with Crippen molar-refractivity contribution in [3.63, 3.8) is 0 Å². The monoisotopic (exact) mass is 509 g/mol. The lowest BCUT2D eigenvalue weighted by Gasteiger charge is -2.24. The number of aliphatic hydroxyl groups is 2. The van der Waals surface area contributed by atoms with Gasteiger partial charge in [-0.2, -0.15) is 5.09 Å². The van der Waals surface area contributed by atoms with Crippen LogP contribution >= 0.6 is 7.75 Å². The van der Waals surface area contributed by atoms with E-state index in [0.29, 0.717) is 11.0 Å². The van der Waals surface area contributed by atoms with Crippen LogP contribution in [-0.4, -0.2) is 72.0 Å². The van der Waals surface area contributed by atoms with Crippen LogP contribution in [0.15, 0.2) is 48.9 Å². The maximum Gasteiger partial charge on any atom is 0.459 e. The topological polar surface area (TPSA) is 198 Å². The Morgan fingerprint density at radius 2 is 1.97 bits per heavy atom. The van der Waals surface area contributed by atoms with E-state index >= 15 is 0 Å². The Labute approximate surface area is 198 Å². The molecule has 0 bridgehead atoms. The molecule has 35 heavy (non-hydrogen) atoms. The number of nitrogens with zero attached hydrogens (tertiary/aromatic N) is 3. The largest absolute Gasteiger partial charge is 0.480 e. The van der Waals surface area contributed by atoms with Crippen molar-refractivity contribution >= 4 is 30.6 Å². The van der Waals surface area contributed by atoms with Crippen LogP contribution in [0.5, 0.6) is 5.75 Å². The summed E-state index contributed by atoms with van der Waals surface area (Å²) >= 11 is 0. The summed E-state index contributed by atoms with van der Waals surface area (Å²) < 4.78 is 31.4. The predicted octanol–water partition coefficient (Wildman–Crippen LogP) is 1.12. The first-order valence-electron chi connectivity index (χ1n) is 10.5. The van der Waals surface area contributed by atoms with Gasteiger partial charge in [0.15, 0.2) is 12.0 Å². The van der Waals surface area contributed by atoms with Gasteiger partial charge in [-0.3, -0.25) is 20.0 Å². The summed E-state index contributed by atoms with van der Waals surface area (Å²) in [7, 11) is -4.25. The fourth-order valence-electron chi connectivity index (χ4n) is 3.54. The number of hydrogen-bond acceptors (Lipinski definition) is 11. The number of benzene rings is 1. The van der Waals surface area contributed by atoms with Crippen LogP contribution < -0.4 is 15.1 Å². The van der Waals surface area contributed by atoms with E-state index in [2.05, 4.69) is 15.1 Å². The van der Waals surface area contributed by atoms with Gasteiger partial charge in [0.1, 0.15) is 42.1 Å². The molecular weight excluding hydrogens is 485 g/mol. The molecule has 0 radical (unpaired) electrons. The Kier molecular flexibility index (Phi) is 7.33. The van der Waals surface area contributed by atoms with Crippen molar-refractivity contribution in [1.82, 2.24) is 19.6 Å². The van der Waals surface area contributed by atoms with Gasteiger partial charge in [0.25, 0.3) is 0 Å². The molecule has 1 unspecified atom stereocenters. The molecular formula is C20H24N5O9P. The minimum Gasteiger partial charge on any atom is -0.480 e. The van der Waals surface area contributed by atoms with Crippen LogP contribution in [0, 0.1) is 0 Å². The zero-order valence-electron chi connectivity index (χ0n) is 18.3. The minimum absolute atomic E-state index is 0.138. The van der Waals surface area contributed by atoms with E-state index in [4.69, 9.17) is 13.8 Å². The first kappa shape index (κ1) is 25.0. The van der Waals surface area contributed by atoms with E-state index in [9.17, 15) is 29.9 Å². The molecule has 0 saturated carbocycles. The molecule has 0 amide bonds. The number of carboxylic acids is 1. The Morgan fingerprint density at radius 1 is 1.23 bits per heavy atom. The van der Waals surface area contributed by atoms with E-state index in [1.807, 2.05) is 5.48 Å². The van der Waals surface area contributed by atoms with Gasteiger partial charge in [0.2, 0.25) is 0 Å². The number of aliphatic hydroxyl groups excluding tert-OH is 2. The smallest absolute Gasteiger partial charge is 0.459 e. The lowest BCUT2D eigenvalue weighted by Crippen LogP contribution is -2.36. The van der Waals surface area contributed by atoms with Crippen LogP contribution in [0.1, 0.15) is 13.2 Å². The van der Waals surface area contributed by atoms with Gasteiger partial charge < -0.3 is 29.1 Å². The molecule has 4 rings (SSSR count). The number of rotatable bonds is 10. The second-order valence-electron chi connectivity index (χ2n) is 7.73. The van der Waals surface area contributed by atoms with Crippen molar-refractivity contribution in [2.45, 2.75) is 37.5 Å². The minimum atomic E-state index is -4.25. The number of hydrogen-bond donors (Lipinski definition) is 6. The summed E-state index contributed by atoms with van der Waals surface area (Å²) in [4.78, 5) is 19.3. The number of anilines is 1. The molecule has 3 aromatic rings. The standard InChI is InChI=1S/C20H24N5O9P/c1-11(20(28)29)24-35(31,34-12-5-3-2-4-6-12)32-9-14-15(26)16(27)19(33-14)25-8-7-13-17(23-30)21-10-22-18(13)25/h2-8,10-11,14-16,19,26-27,30H,9H2,1H3,(H,24,31)(H,28,29)(H,21,22,23)/t11-,14+,15+,16+,19+,35?/m0/s1. The Hall–Kier alpha value is -3.10. The Bertz CT molecular complexity index is 1230. The summed E-state index contributed by atoms with van der Waals surface area (Å²) in [5.74, 6) is -0.978. The SMILES string of the molecule is C[C@H](NP(=O)(OC[C@H]1O[C@@H](n2ccc3c(NO)ncnc32)[C@H](O)[C@@H]1O)Oc1ccccc1)C(=O)O. The molecule has 3 heterocycles. The van der Waals surface area contributed by atoms with E-state index in [-0.39, 0.29) is 11.6 Å². The van der Waals surface area contributed by atoms with Gasteiger partial charge >= 0.3 is 13.7 Å². The lowest BCUT2D eigenvalue weighted by molar-refractivity contribution is -0.138. The highest BCUT2D eigenvalue weighted by molar-refractivity contribution is 7.52. The van der Waals surface area contributed by atoms with Gasteiger partial charge in [0.05, 0.1) is 12.0 Å². The third-order valence-electron chi connectivity index (χ3n) is 5.33. The van der Waals surface area contributed by atoms with E-state index < -0.39 is 50.9 Å². The van der Waals surface area contributed by atoms with E-state index in [0.717, 1.165) is 0 Å². The average molecular weight is 509 g/mol. The number of aliphatic carboxylic acids is 1. The number of carbonyl (C=O) groups is 1. The third-order valence-corrected chi connectivity index (χ3v) is 6.97. The van der Waals surface area contributed by atoms with Crippen molar-refractivity contribution in [3.8, 4) is 5.75 Å². The van der Waals surface area contributed by atoms with Crippen LogP contribution in [0.25, 0.3) is 11.0 Å². The molecule has 1 fully saturated rings. The molecule has 6 atom stereocenters. The fraction of sp³-hybridized carbons (Fsp3) is 0.350. The summed E-state index contributed by atoms with van der Waals surface area (Å²) in [6, 6.07) is 8.31.